The minimum Gasteiger partial charge on any atom is -0.325 e. The van der Waals surface area contributed by atoms with E-state index in [9.17, 15) is 9.59 Å². The molecule has 0 saturated heterocycles. The molecule has 2 aromatic rings. The van der Waals surface area contributed by atoms with Crippen molar-refractivity contribution >= 4 is 39.8 Å². The van der Waals surface area contributed by atoms with Gasteiger partial charge in [0.05, 0.1) is 12.1 Å². The molecule has 0 saturated carbocycles. The first-order chi connectivity index (χ1) is 13.5. The molecule has 5 heteroatoms. The molecule has 140 valence electrons. The average Bonchev–Trinajstić information content (AvgIpc) is 2.68. The SMILES string of the molecule is CC(C)C1=CC2C(=O)N=C(CC(=O)Nc3cccc4ccccc34)N=C2C=C1. The number of aliphatic imine (C=N–C) groups is 2. The molecule has 2 amide bonds. The molecule has 0 aromatic heterocycles. The Morgan fingerprint density at radius 2 is 1.86 bits per heavy atom. The quantitative estimate of drug-likeness (QED) is 0.870. The smallest absolute Gasteiger partial charge is 0.260 e. The standard InChI is InChI=1S/C23H21N3O2/c1-14(2)16-10-11-20-18(12-16)23(28)26-21(24-20)13-22(27)25-19-9-5-7-15-6-3-4-8-17(15)19/h3-12,14,18H,13H2,1-2H3,(H,25,27). The fraction of sp³-hybridized carbons (Fsp3) is 0.217. The summed E-state index contributed by atoms with van der Waals surface area (Å²) in [5, 5.41) is 4.93. The van der Waals surface area contributed by atoms with Crippen molar-refractivity contribution < 1.29 is 9.59 Å². The number of rotatable bonds is 4. The predicted molar refractivity (Wildman–Crippen MR) is 113 cm³/mol. The van der Waals surface area contributed by atoms with Crippen molar-refractivity contribution in [3.05, 3.63) is 66.3 Å². The maximum absolute atomic E-state index is 12.5. The molecule has 0 bridgehead atoms. The molecular weight excluding hydrogens is 350 g/mol. The molecule has 5 nitrogen and oxygen atoms in total. The fourth-order valence-electron chi connectivity index (χ4n) is 3.43. The van der Waals surface area contributed by atoms with E-state index in [1.807, 2.05) is 60.7 Å². The first-order valence-electron chi connectivity index (χ1n) is 9.38. The normalized spacial score (nSPS) is 18.5. The summed E-state index contributed by atoms with van der Waals surface area (Å²) >= 11 is 0. The zero-order valence-electron chi connectivity index (χ0n) is 15.8. The van der Waals surface area contributed by atoms with Gasteiger partial charge in [0.15, 0.2) is 0 Å². The Kier molecular flexibility index (Phi) is 4.74. The number of hydrogen-bond donors (Lipinski definition) is 1. The monoisotopic (exact) mass is 371 g/mol. The molecule has 1 unspecified atom stereocenters. The Morgan fingerprint density at radius 1 is 1.07 bits per heavy atom. The van der Waals surface area contributed by atoms with Gasteiger partial charge in [-0.2, -0.15) is 4.99 Å². The van der Waals surface area contributed by atoms with E-state index in [4.69, 9.17) is 0 Å². The second-order valence-corrected chi connectivity index (χ2v) is 7.29. The van der Waals surface area contributed by atoms with Gasteiger partial charge >= 0.3 is 0 Å². The molecule has 1 atom stereocenters. The van der Waals surface area contributed by atoms with Crippen LogP contribution in [0.4, 0.5) is 5.69 Å². The Bertz CT molecular complexity index is 1080. The first-order valence-corrected chi connectivity index (χ1v) is 9.38. The summed E-state index contributed by atoms with van der Waals surface area (Å²) in [5.74, 6) is -0.362. The van der Waals surface area contributed by atoms with Gasteiger partial charge in [-0.15, -0.1) is 0 Å². The van der Waals surface area contributed by atoms with Crippen LogP contribution < -0.4 is 5.32 Å². The molecule has 0 spiro atoms. The van der Waals surface area contributed by atoms with Crippen molar-refractivity contribution in [2.45, 2.75) is 20.3 Å². The number of fused-ring (bicyclic) bond motifs is 2. The highest BCUT2D eigenvalue weighted by molar-refractivity contribution is 6.24. The van der Waals surface area contributed by atoms with Gasteiger partial charge in [0.2, 0.25) is 5.91 Å². The topological polar surface area (TPSA) is 70.9 Å². The molecule has 0 fully saturated rings. The van der Waals surface area contributed by atoms with E-state index >= 15 is 0 Å². The Morgan fingerprint density at radius 3 is 2.68 bits per heavy atom. The summed E-state index contributed by atoms with van der Waals surface area (Å²) in [6, 6.07) is 13.6. The lowest BCUT2D eigenvalue weighted by atomic mass is 9.88. The van der Waals surface area contributed by atoms with Gasteiger partial charge in [0, 0.05) is 11.1 Å². The Hall–Kier alpha value is -3.34. The lowest BCUT2D eigenvalue weighted by molar-refractivity contribution is -0.118. The number of nitrogens with one attached hydrogen (secondary N) is 1. The number of amides is 2. The van der Waals surface area contributed by atoms with Crippen molar-refractivity contribution in [3.63, 3.8) is 0 Å². The molecule has 0 radical (unpaired) electrons. The Balaban J connectivity index is 1.50. The van der Waals surface area contributed by atoms with Crippen LogP contribution in [0.1, 0.15) is 20.3 Å². The zero-order chi connectivity index (χ0) is 19.7. The third kappa shape index (κ3) is 3.56. The molecule has 28 heavy (non-hydrogen) atoms. The van der Waals surface area contributed by atoms with E-state index in [1.165, 1.54) is 0 Å². The van der Waals surface area contributed by atoms with Gasteiger partial charge in [-0.05, 0) is 29.0 Å². The zero-order valence-corrected chi connectivity index (χ0v) is 15.8. The van der Waals surface area contributed by atoms with Gasteiger partial charge < -0.3 is 5.32 Å². The second kappa shape index (κ2) is 7.35. The van der Waals surface area contributed by atoms with Gasteiger partial charge in [-0.3, -0.25) is 9.59 Å². The molecule has 1 aliphatic carbocycles. The number of hydrogen-bond acceptors (Lipinski definition) is 3. The van der Waals surface area contributed by atoms with Crippen LogP contribution in [0.2, 0.25) is 0 Å². The van der Waals surface area contributed by atoms with Crippen molar-refractivity contribution in [2.24, 2.45) is 21.8 Å². The Labute approximate surface area is 163 Å². The minimum atomic E-state index is -0.438. The number of anilines is 1. The summed E-state index contributed by atoms with van der Waals surface area (Å²) < 4.78 is 0. The van der Waals surface area contributed by atoms with Crippen LogP contribution >= 0.6 is 0 Å². The van der Waals surface area contributed by atoms with Crippen LogP contribution in [0.5, 0.6) is 0 Å². The van der Waals surface area contributed by atoms with Crippen LogP contribution in [0, 0.1) is 11.8 Å². The largest absolute Gasteiger partial charge is 0.325 e. The summed E-state index contributed by atoms with van der Waals surface area (Å²) in [6.07, 6.45) is 5.71. The second-order valence-electron chi connectivity index (χ2n) is 7.29. The number of nitrogens with zero attached hydrogens (tertiary/aromatic N) is 2. The summed E-state index contributed by atoms with van der Waals surface area (Å²) in [5.41, 5.74) is 2.49. The van der Waals surface area contributed by atoms with Crippen LogP contribution in [-0.2, 0) is 9.59 Å². The third-order valence-corrected chi connectivity index (χ3v) is 4.94. The van der Waals surface area contributed by atoms with E-state index in [1.54, 1.807) is 0 Å². The van der Waals surface area contributed by atoms with Gasteiger partial charge in [-0.1, -0.05) is 62.4 Å². The van der Waals surface area contributed by atoms with Crippen molar-refractivity contribution in [2.75, 3.05) is 5.32 Å². The van der Waals surface area contributed by atoms with Gasteiger partial charge in [0.25, 0.3) is 5.91 Å². The molecule has 2 aliphatic rings. The molecule has 1 N–H and O–H groups in total. The maximum Gasteiger partial charge on any atom is 0.260 e. The van der Waals surface area contributed by atoms with E-state index < -0.39 is 5.92 Å². The molecule has 1 aliphatic heterocycles. The molecule has 2 aromatic carbocycles. The summed E-state index contributed by atoms with van der Waals surface area (Å²) in [4.78, 5) is 33.5. The molecular formula is C23H21N3O2. The van der Waals surface area contributed by atoms with E-state index in [-0.39, 0.29) is 24.1 Å². The third-order valence-electron chi connectivity index (χ3n) is 4.94. The van der Waals surface area contributed by atoms with Crippen LogP contribution in [0.25, 0.3) is 10.8 Å². The van der Waals surface area contributed by atoms with E-state index in [2.05, 4.69) is 29.1 Å². The van der Waals surface area contributed by atoms with Crippen molar-refractivity contribution in [3.8, 4) is 0 Å². The number of benzene rings is 2. The summed E-state index contributed by atoms with van der Waals surface area (Å²) in [7, 11) is 0. The number of allylic oxidation sites excluding steroid dienone is 3. The van der Waals surface area contributed by atoms with Crippen LogP contribution in [0.3, 0.4) is 0 Å². The lowest BCUT2D eigenvalue weighted by Gasteiger charge is -2.21. The predicted octanol–water partition coefficient (Wildman–Crippen LogP) is 4.32. The van der Waals surface area contributed by atoms with Crippen LogP contribution in [-0.4, -0.2) is 23.4 Å². The highest BCUT2D eigenvalue weighted by Gasteiger charge is 2.29. The van der Waals surface area contributed by atoms with Crippen LogP contribution in [0.15, 0.2) is 76.3 Å². The summed E-state index contributed by atoms with van der Waals surface area (Å²) in [6.45, 7) is 4.16. The average molecular weight is 371 g/mol. The van der Waals surface area contributed by atoms with E-state index in [0.29, 0.717) is 11.6 Å². The number of carbonyl (C=O) groups excluding carboxylic acids is 2. The highest BCUT2D eigenvalue weighted by Crippen LogP contribution is 2.25. The number of amidine groups is 1. The van der Waals surface area contributed by atoms with Gasteiger partial charge in [-0.25, -0.2) is 4.99 Å². The number of carbonyl (C=O) groups is 2. The maximum atomic E-state index is 12.5. The first kappa shape index (κ1) is 18.0. The lowest BCUT2D eigenvalue weighted by Crippen LogP contribution is -2.29. The van der Waals surface area contributed by atoms with Gasteiger partial charge in [0.1, 0.15) is 11.8 Å². The molecule has 4 rings (SSSR count). The van der Waals surface area contributed by atoms with E-state index in [0.717, 1.165) is 22.0 Å². The van der Waals surface area contributed by atoms with Crippen molar-refractivity contribution in [1.82, 2.24) is 0 Å². The molecule has 1 heterocycles. The minimum absolute atomic E-state index is 0.0419. The van der Waals surface area contributed by atoms with Crippen molar-refractivity contribution in [1.29, 1.82) is 0 Å². The fourth-order valence-corrected chi connectivity index (χ4v) is 3.43. The highest BCUT2D eigenvalue weighted by atomic mass is 16.2.